The van der Waals surface area contributed by atoms with Crippen LogP contribution < -0.4 is 15.6 Å². The van der Waals surface area contributed by atoms with Gasteiger partial charge in [-0.05, 0) is 42.5 Å². The number of hydrogen-bond acceptors (Lipinski definition) is 5. The molecule has 0 fully saturated rings. The monoisotopic (exact) mass is 459 g/mol. The largest absolute Gasteiger partial charge is 0.485 e. The number of aromatic nitrogens is 4. The molecule has 9 heteroatoms. The Morgan fingerprint density at radius 1 is 1.03 bits per heavy atom. The van der Waals surface area contributed by atoms with Crippen LogP contribution >= 0.6 is 11.6 Å². The van der Waals surface area contributed by atoms with Crippen LogP contribution in [0.25, 0.3) is 16.7 Å². The van der Waals surface area contributed by atoms with Crippen molar-refractivity contribution in [2.75, 3.05) is 5.32 Å². The van der Waals surface area contributed by atoms with E-state index in [2.05, 4.69) is 15.5 Å². The molecule has 0 saturated heterocycles. The Kier molecular flexibility index (Phi) is 5.27. The zero-order valence-electron chi connectivity index (χ0n) is 17.5. The van der Waals surface area contributed by atoms with Crippen molar-refractivity contribution in [2.24, 2.45) is 7.05 Å². The molecule has 0 atom stereocenters. The topological polar surface area (TPSA) is 90.5 Å². The number of halogens is 1. The van der Waals surface area contributed by atoms with E-state index in [9.17, 15) is 9.59 Å². The number of rotatable bonds is 5. The summed E-state index contributed by atoms with van der Waals surface area (Å²) in [7, 11) is 1.65. The number of hydrogen-bond donors (Lipinski definition) is 1. The van der Waals surface area contributed by atoms with Crippen molar-refractivity contribution in [1.29, 1.82) is 0 Å². The Hall–Kier alpha value is -4.17. The fraction of sp³-hybridized carbons (Fsp3) is 0.0833. The van der Waals surface area contributed by atoms with Gasteiger partial charge >= 0.3 is 0 Å². The van der Waals surface area contributed by atoms with Gasteiger partial charge in [0.15, 0.2) is 5.82 Å². The maximum absolute atomic E-state index is 12.9. The molecule has 164 valence electrons. The van der Waals surface area contributed by atoms with Crippen molar-refractivity contribution in [3.8, 4) is 5.75 Å². The lowest BCUT2D eigenvalue weighted by Crippen LogP contribution is -2.20. The second-order valence-corrected chi connectivity index (χ2v) is 7.82. The molecule has 0 aliphatic rings. The van der Waals surface area contributed by atoms with Gasteiger partial charge in [-0.15, -0.1) is 10.2 Å². The van der Waals surface area contributed by atoms with Gasteiger partial charge < -0.3 is 10.1 Å². The third kappa shape index (κ3) is 3.81. The first-order valence-electron chi connectivity index (χ1n) is 10.1. The van der Waals surface area contributed by atoms with Crippen LogP contribution in [0.5, 0.6) is 5.75 Å². The number of aryl methyl sites for hydroxylation is 1. The van der Waals surface area contributed by atoms with Crippen LogP contribution in [0.4, 0.5) is 5.69 Å². The van der Waals surface area contributed by atoms with E-state index in [0.29, 0.717) is 39.0 Å². The standard InChI is InChI=1S/C24H18ClN5O3/c1-29-23(32)17-9-5-6-10-19(17)30-21(27-28-24(29)30)14-33-20-12-11-15(25)13-18(20)22(31)26-16-7-3-2-4-8-16/h2-13H,14H2,1H3,(H,26,31). The van der Waals surface area contributed by atoms with Crippen molar-refractivity contribution in [3.63, 3.8) is 0 Å². The number of benzene rings is 3. The van der Waals surface area contributed by atoms with E-state index in [1.165, 1.54) is 4.57 Å². The molecule has 5 rings (SSSR count). The summed E-state index contributed by atoms with van der Waals surface area (Å²) in [4.78, 5) is 25.5. The predicted molar refractivity (Wildman–Crippen MR) is 126 cm³/mol. The lowest BCUT2D eigenvalue weighted by molar-refractivity contribution is 0.102. The molecule has 0 bridgehead atoms. The van der Waals surface area contributed by atoms with Gasteiger partial charge in [-0.1, -0.05) is 41.9 Å². The number of nitrogens with one attached hydrogen (secondary N) is 1. The van der Waals surface area contributed by atoms with Gasteiger partial charge in [-0.25, -0.2) is 0 Å². The fourth-order valence-electron chi connectivity index (χ4n) is 3.65. The quantitative estimate of drug-likeness (QED) is 0.428. The van der Waals surface area contributed by atoms with Crippen LogP contribution in [0.1, 0.15) is 16.2 Å². The normalized spacial score (nSPS) is 11.1. The van der Waals surface area contributed by atoms with E-state index in [1.807, 2.05) is 30.3 Å². The second kappa shape index (κ2) is 8.40. The lowest BCUT2D eigenvalue weighted by atomic mass is 10.2. The summed E-state index contributed by atoms with van der Waals surface area (Å²) >= 11 is 6.14. The third-order valence-corrected chi connectivity index (χ3v) is 5.50. The smallest absolute Gasteiger partial charge is 0.262 e. The minimum absolute atomic E-state index is 0.0244. The number of fused-ring (bicyclic) bond motifs is 3. The number of carbonyl (C=O) groups excluding carboxylic acids is 1. The maximum atomic E-state index is 12.9. The lowest BCUT2D eigenvalue weighted by Gasteiger charge is -2.12. The van der Waals surface area contributed by atoms with Crippen LogP contribution in [0.15, 0.2) is 77.6 Å². The van der Waals surface area contributed by atoms with Crippen molar-refractivity contribution in [3.05, 3.63) is 99.6 Å². The summed E-state index contributed by atoms with van der Waals surface area (Å²) in [6.07, 6.45) is 0. The molecular formula is C24H18ClN5O3. The number of nitrogens with zero attached hydrogens (tertiary/aromatic N) is 4. The summed E-state index contributed by atoms with van der Waals surface area (Å²) in [6.45, 7) is 0.0244. The van der Waals surface area contributed by atoms with Crippen molar-refractivity contribution < 1.29 is 9.53 Å². The Balaban J connectivity index is 1.49. The number of carbonyl (C=O) groups is 1. The number of amides is 1. The van der Waals surface area contributed by atoms with Crippen LogP contribution in [0, 0.1) is 0 Å². The highest BCUT2D eigenvalue weighted by atomic mass is 35.5. The number of anilines is 1. The molecule has 0 unspecified atom stereocenters. The number of ether oxygens (including phenoxy) is 1. The van der Waals surface area contributed by atoms with E-state index in [0.717, 1.165) is 0 Å². The Labute approximate surface area is 193 Å². The minimum Gasteiger partial charge on any atom is -0.485 e. The molecule has 2 heterocycles. The molecule has 0 spiro atoms. The van der Waals surface area contributed by atoms with Gasteiger partial charge in [-0.3, -0.25) is 18.6 Å². The highest BCUT2D eigenvalue weighted by molar-refractivity contribution is 6.31. The first kappa shape index (κ1) is 20.7. The van der Waals surface area contributed by atoms with E-state index in [4.69, 9.17) is 16.3 Å². The molecule has 33 heavy (non-hydrogen) atoms. The highest BCUT2D eigenvalue weighted by Gasteiger charge is 2.18. The molecule has 0 saturated carbocycles. The van der Waals surface area contributed by atoms with Gasteiger partial charge in [-0.2, -0.15) is 0 Å². The van der Waals surface area contributed by atoms with Crippen LogP contribution in [-0.4, -0.2) is 25.1 Å². The molecule has 0 aliphatic heterocycles. The molecule has 5 aromatic rings. The SMILES string of the molecule is Cn1c(=O)c2ccccc2n2c(COc3ccc(Cl)cc3C(=O)Nc3ccccc3)nnc12. The van der Waals surface area contributed by atoms with Crippen LogP contribution in [0.3, 0.4) is 0 Å². The second-order valence-electron chi connectivity index (χ2n) is 7.38. The fourth-order valence-corrected chi connectivity index (χ4v) is 3.83. The molecule has 1 N–H and O–H groups in total. The van der Waals surface area contributed by atoms with E-state index >= 15 is 0 Å². The average molecular weight is 460 g/mol. The van der Waals surface area contributed by atoms with Gasteiger partial charge in [0.25, 0.3) is 11.5 Å². The third-order valence-electron chi connectivity index (χ3n) is 5.27. The summed E-state index contributed by atoms with van der Waals surface area (Å²) < 4.78 is 9.21. The first-order chi connectivity index (χ1) is 16.0. The Bertz CT molecular complexity index is 1560. The molecule has 3 aromatic carbocycles. The van der Waals surface area contributed by atoms with Crippen molar-refractivity contribution >= 4 is 39.9 Å². The zero-order valence-corrected chi connectivity index (χ0v) is 18.3. The van der Waals surface area contributed by atoms with E-state index < -0.39 is 0 Å². The minimum atomic E-state index is -0.349. The summed E-state index contributed by atoms with van der Waals surface area (Å²) in [5.74, 6) is 0.882. The number of para-hydroxylation sites is 2. The first-order valence-corrected chi connectivity index (χ1v) is 10.5. The van der Waals surface area contributed by atoms with E-state index in [1.54, 1.807) is 53.9 Å². The Morgan fingerprint density at radius 3 is 2.61 bits per heavy atom. The van der Waals surface area contributed by atoms with E-state index in [-0.39, 0.29) is 23.6 Å². The molecule has 1 amide bonds. The summed E-state index contributed by atoms with van der Waals surface area (Å²) in [6, 6.07) is 21.2. The molecule has 0 aliphatic carbocycles. The Morgan fingerprint density at radius 2 is 1.79 bits per heavy atom. The molecule has 0 radical (unpaired) electrons. The van der Waals surface area contributed by atoms with Gasteiger partial charge in [0.2, 0.25) is 5.78 Å². The molecular weight excluding hydrogens is 442 g/mol. The summed E-state index contributed by atoms with van der Waals surface area (Å²) in [5, 5.41) is 12.2. The van der Waals surface area contributed by atoms with Crippen LogP contribution in [-0.2, 0) is 13.7 Å². The van der Waals surface area contributed by atoms with Crippen molar-refractivity contribution in [1.82, 2.24) is 19.2 Å². The van der Waals surface area contributed by atoms with Crippen molar-refractivity contribution in [2.45, 2.75) is 6.61 Å². The van der Waals surface area contributed by atoms with Gasteiger partial charge in [0.1, 0.15) is 12.4 Å². The van der Waals surface area contributed by atoms with Gasteiger partial charge in [0, 0.05) is 17.8 Å². The van der Waals surface area contributed by atoms with Gasteiger partial charge in [0.05, 0.1) is 16.5 Å². The predicted octanol–water partition coefficient (Wildman–Crippen LogP) is 4.07. The maximum Gasteiger partial charge on any atom is 0.262 e. The molecule has 8 nitrogen and oxygen atoms in total. The van der Waals surface area contributed by atoms with Crippen LogP contribution in [0.2, 0.25) is 5.02 Å². The summed E-state index contributed by atoms with van der Waals surface area (Å²) in [5.41, 5.74) is 1.47. The average Bonchev–Trinajstić information content (AvgIpc) is 3.26. The zero-order chi connectivity index (χ0) is 22.9. The molecule has 2 aromatic heterocycles. The highest BCUT2D eigenvalue weighted by Crippen LogP contribution is 2.25.